The fourth-order valence-corrected chi connectivity index (χ4v) is 3.93. The van der Waals surface area contributed by atoms with Gasteiger partial charge in [-0.3, -0.25) is 14.5 Å². The summed E-state index contributed by atoms with van der Waals surface area (Å²) in [5.41, 5.74) is 1.39. The molecule has 0 unspecified atom stereocenters. The Kier molecular flexibility index (Phi) is 8.10. The Morgan fingerprint density at radius 1 is 0.946 bits per heavy atom. The number of alkyl halides is 3. The van der Waals surface area contributed by atoms with E-state index in [0.29, 0.717) is 60.1 Å². The second-order valence-corrected chi connectivity index (χ2v) is 8.46. The summed E-state index contributed by atoms with van der Waals surface area (Å²) < 4.78 is 49.7. The number of nitrogens with one attached hydrogen (secondary N) is 2. The number of hydrogen-bond donors (Lipinski definition) is 2. The van der Waals surface area contributed by atoms with Crippen LogP contribution in [0.3, 0.4) is 0 Å². The number of hydrogen-bond acceptors (Lipinski definition) is 5. The highest BCUT2D eigenvalue weighted by Crippen LogP contribution is 2.32. The third-order valence-corrected chi connectivity index (χ3v) is 5.87. The zero-order valence-corrected chi connectivity index (χ0v) is 20.1. The van der Waals surface area contributed by atoms with Crippen molar-refractivity contribution in [1.29, 1.82) is 0 Å². The Balaban J connectivity index is 1.43. The molecule has 7 nitrogen and oxygen atoms in total. The summed E-state index contributed by atoms with van der Waals surface area (Å²) in [6.07, 6.45) is -4.44. The predicted octanol–water partition coefficient (Wildman–Crippen LogP) is 4.90. The lowest BCUT2D eigenvalue weighted by Gasteiger charge is -2.26. The molecule has 0 aliphatic carbocycles. The zero-order valence-electron chi connectivity index (χ0n) is 20.1. The summed E-state index contributed by atoms with van der Waals surface area (Å²) in [5.74, 6) is -0.182. The number of anilines is 2. The molecule has 37 heavy (non-hydrogen) atoms. The topological polar surface area (TPSA) is 79.9 Å². The van der Waals surface area contributed by atoms with E-state index < -0.39 is 17.6 Å². The minimum absolute atomic E-state index is 0.210. The van der Waals surface area contributed by atoms with Gasteiger partial charge in [0.15, 0.2) is 0 Å². The number of halogens is 3. The summed E-state index contributed by atoms with van der Waals surface area (Å²) in [6, 6.07) is 16.2. The van der Waals surface area contributed by atoms with E-state index >= 15 is 0 Å². The molecule has 1 fully saturated rings. The molecule has 1 aliphatic rings. The number of morpholine rings is 1. The maximum Gasteiger partial charge on any atom is 0.416 e. The second-order valence-electron chi connectivity index (χ2n) is 8.46. The van der Waals surface area contributed by atoms with Crippen molar-refractivity contribution in [2.45, 2.75) is 6.18 Å². The van der Waals surface area contributed by atoms with Crippen LogP contribution in [0.2, 0.25) is 0 Å². The van der Waals surface area contributed by atoms with Gasteiger partial charge < -0.3 is 20.1 Å². The van der Waals surface area contributed by atoms with Gasteiger partial charge in [-0.15, -0.1) is 0 Å². The van der Waals surface area contributed by atoms with E-state index in [1.807, 2.05) is 4.90 Å². The number of nitrogens with zero attached hydrogens (tertiary/aromatic N) is 1. The van der Waals surface area contributed by atoms with Crippen molar-refractivity contribution < 1.29 is 32.2 Å². The molecule has 1 saturated heterocycles. The van der Waals surface area contributed by atoms with Crippen molar-refractivity contribution in [3.05, 3.63) is 77.9 Å². The normalized spacial score (nSPS) is 14.2. The van der Waals surface area contributed by atoms with Crippen LogP contribution in [0, 0.1) is 0 Å². The number of benzene rings is 3. The molecule has 10 heteroatoms. The van der Waals surface area contributed by atoms with Crippen LogP contribution >= 0.6 is 0 Å². The Hall–Kier alpha value is -3.89. The van der Waals surface area contributed by atoms with Crippen LogP contribution in [-0.4, -0.2) is 56.7 Å². The monoisotopic (exact) mass is 513 g/mol. The van der Waals surface area contributed by atoms with Gasteiger partial charge in [-0.25, -0.2) is 0 Å². The van der Waals surface area contributed by atoms with Crippen LogP contribution in [0.1, 0.15) is 15.9 Å². The number of carbonyl (C=O) groups is 2. The summed E-state index contributed by atoms with van der Waals surface area (Å²) in [6.45, 7) is 2.72. The fourth-order valence-electron chi connectivity index (χ4n) is 3.93. The fraction of sp³-hybridized carbons (Fsp3) is 0.259. The molecule has 3 aromatic rings. The minimum Gasteiger partial charge on any atom is -0.495 e. The molecule has 0 aromatic heterocycles. The molecule has 1 heterocycles. The van der Waals surface area contributed by atoms with E-state index in [1.165, 1.54) is 13.2 Å². The van der Waals surface area contributed by atoms with Gasteiger partial charge in [0.2, 0.25) is 5.91 Å². The van der Waals surface area contributed by atoms with E-state index in [9.17, 15) is 22.8 Å². The molecule has 0 bridgehead atoms. The van der Waals surface area contributed by atoms with Crippen LogP contribution in [0.5, 0.6) is 5.75 Å². The van der Waals surface area contributed by atoms with Crippen LogP contribution < -0.4 is 15.4 Å². The molecule has 0 radical (unpaired) electrons. The number of ether oxygens (including phenoxy) is 2. The lowest BCUT2D eigenvalue weighted by atomic mass is 10.0. The molecule has 4 rings (SSSR count). The predicted molar refractivity (Wildman–Crippen MR) is 134 cm³/mol. The lowest BCUT2D eigenvalue weighted by Crippen LogP contribution is -2.41. The van der Waals surface area contributed by atoms with Crippen LogP contribution in [-0.2, 0) is 15.7 Å². The third kappa shape index (κ3) is 6.87. The molecule has 0 atom stereocenters. The molecule has 194 valence electrons. The van der Waals surface area contributed by atoms with Gasteiger partial charge in [0, 0.05) is 24.3 Å². The number of amides is 2. The first-order chi connectivity index (χ1) is 17.7. The average molecular weight is 514 g/mol. The maximum absolute atomic E-state index is 13.0. The molecule has 2 N–H and O–H groups in total. The van der Waals surface area contributed by atoms with Crippen LogP contribution in [0.4, 0.5) is 24.5 Å². The van der Waals surface area contributed by atoms with Gasteiger partial charge in [0.05, 0.1) is 38.1 Å². The second kappa shape index (κ2) is 11.4. The smallest absolute Gasteiger partial charge is 0.416 e. The van der Waals surface area contributed by atoms with Crippen molar-refractivity contribution >= 4 is 23.2 Å². The molecule has 1 aliphatic heterocycles. The molecular weight excluding hydrogens is 487 g/mol. The van der Waals surface area contributed by atoms with E-state index in [1.54, 1.807) is 48.5 Å². The van der Waals surface area contributed by atoms with Crippen molar-refractivity contribution in [1.82, 2.24) is 4.90 Å². The zero-order chi connectivity index (χ0) is 26.4. The summed E-state index contributed by atoms with van der Waals surface area (Å²) in [7, 11) is 1.48. The standard InChI is InChI=1S/C27H26F3N3O4/c1-36-24-10-9-22(16-23(24)32-25(34)17-33-11-13-37-14-12-33)31-26(35)19-7-5-18(6-8-19)20-3-2-4-21(15-20)27(28,29)30/h2-10,15-16H,11-14,17H2,1H3,(H,31,35)(H,32,34). The molecule has 0 spiro atoms. The van der Waals surface area contributed by atoms with E-state index in [4.69, 9.17) is 9.47 Å². The minimum atomic E-state index is -4.44. The average Bonchev–Trinajstić information content (AvgIpc) is 2.89. The van der Waals surface area contributed by atoms with E-state index in [-0.39, 0.29) is 12.5 Å². The third-order valence-electron chi connectivity index (χ3n) is 5.87. The van der Waals surface area contributed by atoms with Gasteiger partial charge in [0.1, 0.15) is 5.75 Å². The summed E-state index contributed by atoms with van der Waals surface area (Å²) >= 11 is 0. The van der Waals surface area contributed by atoms with E-state index in [2.05, 4.69) is 10.6 Å². The number of methoxy groups -OCH3 is 1. The van der Waals surface area contributed by atoms with Crippen molar-refractivity contribution in [3.63, 3.8) is 0 Å². The van der Waals surface area contributed by atoms with Gasteiger partial charge in [-0.2, -0.15) is 13.2 Å². The van der Waals surface area contributed by atoms with Gasteiger partial charge >= 0.3 is 6.18 Å². The van der Waals surface area contributed by atoms with E-state index in [0.717, 1.165) is 12.1 Å². The largest absolute Gasteiger partial charge is 0.495 e. The summed E-state index contributed by atoms with van der Waals surface area (Å²) in [5, 5.41) is 5.60. The highest BCUT2D eigenvalue weighted by molar-refractivity contribution is 6.05. The first-order valence-corrected chi connectivity index (χ1v) is 11.6. The van der Waals surface area contributed by atoms with Crippen molar-refractivity contribution in [2.24, 2.45) is 0 Å². The van der Waals surface area contributed by atoms with Gasteiger partial charge in [-0.05, 0) is 53.6 Å². The number of rotatable bonds is 7. The van der Waals surface area contributed by atoms with Crippen LogP contribution in [0.25, 0.3) is 11.1 Å². The maximum atomic E-state index is 13.0. The van der Waals surface area contributed by atoms with Crippen molar-refractivity contribution in [3.8, 4) is 16.9 Å². The van der Waals surface area contributed by atoms with Crippen molar-refractivity contribution in [2.75, 3.05) is 50.6 Å². The summed E-state index contributed by atoms with van der Waals surface area (Å²) in [4.78, 5) is 27.3. The Morgan fingerprint density at radius 2 is 1.68 bits per heavy atom. The molecule has 3 aromatic carbocycles. The Labute approximate surface area is 212 Å². The van der Waals surface area contributed by atoms with Crippen LogP contribution in [0.15, 0.2) is 66.7 Å². The molecular formula is C27H26F3N3O4. The van der Waals surface area contributed by atoms with Gasteiger partial charge in [0.25, 0.3) is 5.91 Å². The first-order valence-electron chi connectivity index (χ1n) is 11.6. The Bertz CT molecular complexity index is 1260. The number of carbonyl (C=O) groups excluding carboxylic acids is 2. The Morgan fingerprint density at radius 3 is 2.35 bits per heavy atom. The lowest BCUT2D eigenvalue weighted by molar-refractivity contribution is -0.137. The highest BCUT2D eigenvalue weighted by Gasteiger charge is 2.30. The van der Waals surface area contributed by atoms with Gasteiger partial charge in [-0.1, -0.05) is 24.3 Å². The molecule has 0 saturated carbocycles. The quantitative estimate of drug-likeness (QED) is 0.470. The first kappa shape index (κ1) is 26.2. The molecule has 2 amide bonds. The highest BCUT2D eigenvalue weighted by atomic mass is 19.4. The SMILES string of the molecule is COc1ccc(NC(=O)c2ccc(-c3cccc(C(F)(F)F)c3)cc2)cc1NC(=O)CN1CCOCC1.